The van der Waals surface area contributed by atoms with Crippen LogP contribution in [0.5, 0.6) is 0 Å². The van der Waals surface area contributed by atoms with Crippen LogP contribution in [0, 0.1) is 12.7 Å². The van der Waals surface area contributed by atoms with E-state index in [0.717, 1.165) is 12.0 Å². The third-order valence-electron chi connectivity index (χ3n) is 4.51. The van der Waals surface area contributed by atoms with Crippen LogP contribution < -0.4 is 5.32 Å². The van der Waals surface area contributed by atoms with Gasteiger partial charge in [-0.25, -0.2) is 9.37 Å². The van der Waals surface area contributed by atoms with E-state index in [1.54, 1.807) is 24.4 Å². The van der Waals surface area contributed by atoms with Gasteiger partial charge in [0.15, 0.2) is 0 Å². The summed E-state index contributed by atoms with van der Waals surface area (Å²) in [7, 11) is 0. The van der Waals surface area contributed by atoms with E-state index < -0.39 is 11.7 Å². The molecule has 0 saturated carbocycles. The van der Waals surface area contributed by atoms with E-state index in [-0.39, 0.29) is 5.56 Å². The lowest BCUT2D eigenvalue weighted by Gasteiger charge is -2.08. The van der Waals surface area contributed by atoms with Crippen LogP contribution in [0.4, 0.5) is 10.2 Å². The Morgan fingerprint density at radius 3 is 2.80 bits per heavy atom. The van der Waals surface area contributed by atoms with Crippen LogP contribution in [-0.2, 0) is 12.8 Å². The fourth-order valence-corrected chi connectivity index (χ4v) is 4.65. The van der Waals surface area contributed by atoms with Crippen molar-refractivity contribution >= 4 is 23.1 Å². The minimum Gasteiger partial charge on any atom is -0.306 e. The maximum absolute atomic E-state index is 13.7. The van der Waals surface area contributed by atoms with Gasteiger partial charge in [0, 0.05) is 27.1 Å². The molecule has 1 amide bonds. The van der Waals surface area contributed by atoms with Gasteiger partial charge in [-0.15, -0.1) is 11.3 Å². The highest BCUT2D eigenvalue weighted by Crippen LogP contribution is 2.40. The summed E-state index contributed by atoms with van der Waals surface area (Å²) >= 11 is 1.87. The predicted octanol–water partition coefficient (Wildman–Crippen LogP) is 5.00. The Kier molecular flexibility index (Phi) is 4.09. The molecule has 0 bridgehead atoms. The lowest BCUT2D eigenvalue weighted by Crippen LogP contribution is -2.14. The number of thiophene rings is 1. The standard InChI is InChI=1S/C20H17FN2OS/c1-12-19(15-6-4-8-17(15)25-12)13-9-10-18(22-11-13)23-20(24)14-5-2-3-7-16(14)21/h2-3,5,7,9-11H,4,6,8H2,1H3,(H,22,23,24). The van der Waals surface area contributed by atoms with Crippen molar-refractivity contribution in [3.05, 3.63) is 69.3 Å². The Morgan fingerprint density at radius 2 is 2.04 bits per heavy atom. The highest BCUT2D eigenvalue weighted by molar-refractivity contribution is 7.12. The Balaban J connectivity index is 1.57. The van der Waals surface area contributed by atoms with E-state index in [1.165, 1.54) is 45.9 Å². The van der Waals surface area contributed by atoms with Gasteiger partial charge in [-0.05, 0) is 56.0 Å². The number of aryl methyl sites for hydroxylation is 2. The molecule has 0 aliphatic heterocycles. The molecule has 0 unspecified atom stereocenters. The Bertz CT molecular complexity index is 947. The Morgan fingerprint density at radius 1 is 1.20 bits per heavy atom. The summed E-state index contributed by atoms with van der Waals surface area (Å²) < 4.78 is 13.7. The van der Waals surface area contributed by atoms with E-state index in [1.807, 2.05) is 17.4 Å². The number of nitrogens with zero attached hydrogens (tertiary/aromatic N) is 1. The average Bonchev–Trinajstić information content (AvgIpc) is 3.16. The number of hydrogen-bond acceptors (Lipinski definition) is 3. The number of aromatic nitrogens is 1. The molecule has 0 atom stereocenters. The number of nitrogens with one attached hydrogen (secondary N) is 1. The van der Waals surface area contributed by atoms with Gasteiger partial charge in [-0.2, -0.15) is 0 Å². The molecule has 0 spiro atoms. The van der Waals surface area contributed by atoms with Crippen LogP contribution in [-0.4, -0.2) is 10.9 Å². The maximum Gasteiger partial charge on any atom is 0.259 e. The quantitative estimate of drug-likeness (QED) is 0.721. The molecule has 3 nitrogen and oxygen atoms in total. The fraction of sp³-hybridized carbons (Fsp3) is 0.200. The van der Waals surface area contributed by atoms with E-state index in [0.29, 0.717) is 5.82 Å². The third-order valence-corrected chi connectivity index (χ3v) is 5.72. The van der Waals surface area contributed by atoms with Crippen LogP contribution >= 0.6 is 11.3 Å². The van der Waals surface area contributed by atoms with Crippen molar-refractivity contribution in [2.24, 2.45) is 0 Å². The molecule has 0 fully saturated rings. The van der Waals surface area contributed by atoms with Crippen LogP contribution in [0.25, 0.3) is 11.1 Å². The number of rotatable bonds is 3. The van der Waals surface area contributed by atoms with Gasteiger partial charge < -0.3 is 5.32 Å². The first kappa shape index (κ1) is 16.0. The molecule has 1 aromatic carbocycles. The van der Waals surface area contributed by atoms with Gasteiger partial charge in [-0.3, -0.25) is 4.79 Å². The number of fused-ring (bicyclic) bond motifs is 1. The van der Waals surface area contributed by atoms with E-state index in [4.69, 9.17) is 0 Å². The second kappa shape index (κ2) is 6.41. The zero-order valence-electron chi connectivity index (χ0n) is 13.8. The molecule has 1 aliphatic rings. The molecular formula is C20H17FN2OS. The molecule has 0 radical (unpaired) electrons. The minimum absolute atomic E-state index is 0.0138. The van der Waals surface area contributed by atoms with Gasteiger partial charge in [0.05, 0.1) is 5.56 Å². The second-order valence-corrected chi connectivity index (χ2v) is 7.46. The SMILES string of the molecule is Cc1sc2c(c1-c1ccc(NC(=O)c3ccccc3F)nc1)CCC2. The summed E-state index contributed by atoms with van der Waals surface area (Å²) in [6, 6.07) is 9.65. The van der Waals surface area contributed by atoms with Gasteiger partial charge in [0.25, 0.3) is 5.91 Å². The lowest BCUT2D eigenvalue weighted by atomic mass is 10.0. The molecule has 5 heteroatoms. The molecule has 2 heterocycles. The highest BCUT2D eigenvalue weighted by Gasteiger charge is 2.21. The molecule has 3 aromatic rings. The third kappa shape index (κ3) is 2.96. The fourth-order valence-electron chi connectivity index (χ4n) is 3.36. The largest absolute Gasteiger partial charge is 0.306 e. The Hall–Kier alpha value is -2.53. The topological polar surface area (TPSA) is 42.0 Å². The normalized spacial score (nSPS) is 12.9. The van der Waals surface area contributed by atoms with Crippen molar-refractivity contribution in [2.75, 3.05) is 5.32 Å². The first-order valence-corrected chi connectivity index (χ1v) is 9.08. The number of pyridine rings is 1. The van der Waals surface area contributed by atoms with Crippen LogP contribution in [0.3, 0.4) is 0 Å². The summed E-state index contributed by atoms with van der Waals surface area (Å²) in [5.41, 5.74) is 3.82. The van der Waals surface area contributed by atoms with E-state index in [2.05, 4.69) is 17.2 Å². The molecule has 0 saturated heterocycles. The average molecular weight is 352 g/mol. The molecule has 2 aromatic heterocycles. The van der Waals surface area contributed by atoms with Crippen LogP contribution in [0.1, 0.15) is 32.1 Å². The number of carbonyl (C=O) groups excluding carboxylic acids is 1. The smallest absolute Gasteiger partial charge is 0.259 e. The summed E-state index contributed by atoms with van der Waals surface area (Å²) in [5, 5.41) is 2.65. The first-order chi connectivity index (χ1) is 12.1. The number of anilines is 1. The first-order valence-electron chi connectivity index (χ1n) is 8.27. The highest BCUT2D eigenvalue weighted by atomic mass is 32.1. The monoisotopic (exact) mass is 352 g/mol. The number of benzene rings is 1. The summed E-state index contributed by atoms with van der Waals surface area (Å²) in [5.74, 6) is -0.617. The zero-order chi connectivity index (χ0) is 17.4. The molecule has 25 heavy (non-hydrogen) atoms. The Labute approximate surface area is 149 Å². The van der Waals surface area contributed by atoms with Gasteiger partial charge in [0.2, 0.25) is 0 Å². The summed E-state index contributed by atoms with van der Waals surface area (Å²) in [4.78, 5) is 19.3. The van der Waals surface area contributed by atoms with Crippen LogP contribution in [0.2, 0.25) is 0 Å². The van der Waals surface area contributed by atoms with Gasteiger partial charge >= 0.3 is 0 Å². The van der Waals surface area contributed by atoms with Crippen molar-refractivity contribution < 1.29 is 9.18 Å². The number of hydrogen-bond donors (Lipinski definition) is 1. The summed E-state index contributed by atoms with van der Waals surface area (Å²) in [6.45, 7) is 2.15. The van der Waals surface area contributed by atoms with E-state index >= 15 is 0 Å². The van der Waals surface area contributed by atoms with Crippen LogP contribution in [0.15, 0.2) is 42.6 Å². The van der Waals surface area contributed by atoms with Crippen molar-refractivity contribution in [2.45, 2.75) is 26.2 Å². The van der Waals surface area contributed by atoms with E-state index in [9.17, 15) is 9.18 Å². The van der Waals surface area contributed by atoms with Crippen molar-refractivity contribution in [3.63, 3.8) is 0 Å². The van der Waals surface area contributed by atoms with Gasteiger partial charge in [0.1, 0.15) is 11.6 Å². The molecular weight excluding hydrogens is 335 g/mol. The molecule has 1 N–H and O–H groups in total. The van der Waals surface area contributed by atoms with Crippen molar-refractivity contribution in [3.8, 4) is 11.1 Å². The number of amides is 1. The second-order valence-electron chi connectivity index (χ2n) is 6.15. The van der Waals surface area contributed by atoms with Crippen molar-refractivity contribution in [1.82, 2.24) is 4.98 Å². The molecule has 1 aliphatic carbocycles. The van der Waals surface area contributed by atoms with Gasteiger partial charge in [-0.1, -0.05) is 12.1 Å². The zero-order valence-corrected chi connectivity index (χ0v) is 14.6. The predicted molar refractivity (Wildman–Crippen MR) is 98.7 cm³/mol. The number of carbonyl (C=O) groups is 1. The minimum atomic E-state index is -0.541. The molecule has 126 valence electrons. The molecule has 4 rings (SSSR count). The number of halogens is 1. The maximum atomic E-state index is 13.7. The summed E-state index contributed by atoms with van der Waals surface area (Å²) in [6.07, 6.45) is 5.30. The van der Waals surface area contributed by atoms with Crippen molar-refractivity contribution in [1.29, 1.82) is 0 Å². The lowest BCUT2D eigenvalue weighted by molar-refractivity contribution is 0.102.